The summed E-state index contributed by atoms with van der Waals surface area (Å²) in [7, 11) is 1.75. The van der Waals surface area contributed by atoms with Gasteiger partial charge in [0.05, 0.1) is 5.69 Å². The number of carbonyl (C=O) groups is 1. The second-order valence-corrected chi connectivity index (χ2v) is 6.05. The molecular weight excluding hydrogens is 340 g/mol. The Morgan fingerprint density at radius 3 is 2.92 bits per heavy atom. The molecule has 1 N–H and O–H groups in total. The van der Waals surface area contributed by atoms with Crippen LogP contribution in [0.4, 0.5) is 14.5 Å². The van der Waals surface area contributed by atoms with Gasteiger partial charge in [-0.05, 0) is 18.6 Å². The summed E-state index contributed by atoms with van der Waals surface area (Å²) in [5, 5.41) is 7.48. The smallest absolute Gasteiger partial charge is 0.333 e. The molecule has 1 atom stereocenters. The van der Waals surface area contributed by atoms with Crippen LogP contribution in [0.15, 0.2) is 24.5 Å². The zero-order chi connectivity index (χ0) is 17.3. The van der Waals surface area contributed by atoms with Crippen LogP contribution in [0.25, 0.3) is 11.3 Å². The number of piperidine rings is 1. The highest BCUT2D eigenvalue weighted by molar-refractivity contribution is 6.29. The minimum Gasteiger partial charge on any atom is -0.380 e. The molecule has 2 aromatic rings. The number of amides is 1. The van der Waals surface area contributed by atoms with E-state index < -0.39 is 6.55 Å². The van der Waals surface area contributed by atoms with Crippen molar-refractivity contribution in [2.24, 2.45) is 0 Å². The van der Waals surface area contributed by atoms with Crippen molar-refractivity contribution in [1.82, 2.24) is 19.7 Å². The van der Waals surface area contributed by atoms with E-state index in [1.54, 1.807) is 18.0 Å². The van der Waals surface area contributed by atoms with Gasteiger partial charge in [-0.15, -0.1) is 0 Å². The van der Waals surface area contributed by atoms with Crippen LogP contribution in [-0.2, 0) is 4.79 Å². The van der Waals surface area contributed by atoms with Crippen molar-refractivity contribution >= 4 is 23.2 Å². The average Bonchev–Trinajstić information content (AvgIpc) is 3.01. The molecule has 3 rings (SSSR count). The van der Waals surface area contributed by atoms with Crippen molar-refractivity contribution in [2.45, 2.75) is 25.4 Å². The van der Waals surface area contributed by atoms with Crippen LogP contribution in [0.3, 0.4) is 0 Å². The van der Waals surface area contributed by atoms with Gasteiger partial charge in [-0.2, -0.15) is 13.9 Å². The highest BCUT2D eigenvalue weighted by Crippen LogP contribution is 2.30. The summed E-state index contributed by atoms with van der Waals surface area (Å²) < 4.78 is 26.0. The molecule has 0 aliphatic carbocycles. The number of hydrogen-bond donors (Lipinski definition) is 1. The van der Waals surface area contributed by atoms with Crippen molar-refractivity contribution in [3.05, 3.63) is 29.7 Å². The fraction of sp³-hybridized carbons (Fsp3) is 0.400. The number of halogens is 3. The van der Waals surface area contributed by atoms with E-state index >= 15 is 0 Å². The van der Waals surface area contributed by atoms with Gasteiger partial charge in [-0.25, -0.2) is 9.67 Å². The summed E-state index contributed by atoms with van der Waals surface area (Å²) in [5.41, 5.74) is 1.61. The molecule has 1 unspecified atom stereocenters. The molecular formula is C15H16ClF2N5O. The van der Waals surface area contributed by atoms with Gasteiger partial charge in [0, 0.05) is 49.7 Å². The normalized spacial score (nSPS) is 18.3. The lowest BCUT2D eigenvalue weighted by atomic mass is 10.0. The Bertz CT molecular complexity index is 751. The molecule has 24 heavy (non-hydrogen) atoms. The van der Waals surface area contributed by atoms with E-state index in [4.69, 9.17) is 11.6 Å². The van der Waals surface area contributed by atoms with Gasteiger partial charge < -0.3 is 10.2 Å². The molecule has 6 nitrogen and oxygen atoms in total. The van der Waals surface area contributed by atoms with E-state index in [1.807, 2.05) is 0 Å². The molecule has 1 aliphatic rings. The first-order valence-electron chi connectivity index (χ1n) is 7.44. The predicted octanol–water partition coefficient (Wildman–Crippen LogP) is 3.03. The monoisotopic (exact) mass is 355 g/mol. The van der Waals surface area contributed by atoms with Crippen LogP contribution >= 0.6 is 11.6 Å². The number of likely N-dealkylation sites (tertiary alicyclic amines) is 1. The fourth-order valence-electron chi connectivity index (χ4n) is 2.69. The van der Waals surface area contributed by atoms with E-state index in [9.17, 15) is 13.6 Å². The zero-order valence-electron chi connectivity index (χ0n) is 12.9. The van der Waals surface area contributed by atoms with Crippen molar-refractivity contribution in [1.29, 1.82) is 0 Å². The van der Waals surface area contributed by atoms with Crippen LogP contribution in [0.5, 0.6) is 0 Å². The Morgan fingerprint density at radius 1 is 1.46 bits per heavy atom. The van der Waals surface area contributed by atoms with Crippen molar-refractivity contribution in [3.8, 4) is 11.3 Å². The number of hydrogen-bond acceptors (Lipinski definition) is 4. The summed E-state index contributed by atoms with van der Waals surface area (Å²) in [6.07, 6.45) is 3.86. The Kier molecular flexibility index (Phi) is 4.66. The largest absolute Gasteiger partial charge is 0.380 e. The molecule has 1 fully saturated rings. The van der Waals surface area contributed by atoms with Crippen molar-refractivity contribution in [3.63, 3.8) is 0 Å². The molecule has 0 saturated carbocycles. The average molecular weight is 356 g/mol. The summed E-state index contributed by atoms with van der Waals surface area (Å²) in [4.78, 5) is 17.3. The second kappa shape index (κ2) is 6.72. The third-order valence-electron chi connectivity index (χ3n) is 3.94. The summed E-state index contributed by atoms with van der Waals surface area (Å²) in [6.45, 7) is -2.14. The Labute approximate surface area is 142 Å². The quantitative estimate of drug-likeness (QED) is 0.856. The summed E-state index contributed by atoms with van der Waals surface area (Å²) in [6, 6.07) is 3.18. The Morgan fingerprint density at radius 2 is 2.25 bits per heavy atom. The Hall–Kier alpha value is -2.22. The van der Waals surface area contributed by atoms with E-state index in [1.165, 1.54) is 18.5 Å². The SMILES string of the molecule is CN1CC(Nc2cc(Cl)ncc2-c2ccn(C(F)F)n2)CCC1=O. The van der Waals surface area contributed by atoms with E-state index in [0.29, 0.717) is 41.0 Å². The minimum atomic E-state index is -2.70. The van der Waals surface area contributed by atoms with E-state index in [2.05, 4.69) is 15.4 Å². The number of likely N-dealkylation sites (N-methyl/N-ethyl adjacent to an activating group) is 1. The van der Waals surface area contributed by atoms with Crippen LogP contribution in [0.1, 0.15) is 19.4 Å². The van der Waals surface area contributed by atoms with Crippen LogP contribution in [0, 0.1) is 0 Å². The molecule has 3 heterocycles. The van der Waals surface area contributed by atoms with Crippen molar-refractivity contribution < 1.29 is 13.6 Å². The number of pyridine rings is 1. The first-order chi connectivity index (χ1) is 11.4. The number of alkyl halides is 2. The molecule has 9 heteroatoms. The maximum absolute atomic E-state index is 12.7. The maximum Gasteiger partial charge on any atom is 0.333 e. The maximum atomic E-state index is 12.7. The number of anilines is 1. The molecule has 0 aromatic carbocycles. The number of aromatic nitrogens is 3. The minimum absolute atomic E-state index is 0.0436. The van der Waals surface area contributed by atoms with Crippen LogP contribution in [0.2, 0.25) is 5.15 Å². The summed E-state index contributed by atoms with van der Waals surface area (Å²) in [5.74, 6) is 0.108. The fourth-order valence-corrected chi connectivity index (χ4v) is 2.85. The lowest BCUT2D eigenvalue weighted by Crippen LogP contribution is -2.43. The lowest BCUT2D eigenvalue weighted by Gasteiger charge is -2.31. The van der Waals surface area contributed by atoms with Gasteiger partial charge in [-0.3, -0.25) is 4.79 Å². The van der Waals surface area contributed by atoms with Crippen LogP contribution < -0.4 is 5.32 Å². The molecule has 128 valence electrons. The molecule has 1 amide bonds. The molecule has 0 spiro atoms. The molecule has 0 bridgehead atoms. The van der Waals surface area contributed by atoms with Crippen molar-refractivity contribution in [2.75, 3.05) is 18.9 Å². The zero-order valence-corrected chi connectivity index (χ0v) is 13.7. The summed E-state index contributed by atoms with van der Waals surface area (Å²) >= 11 is 5.97. The highest BCUT2D eigenvalue weighted by atomic mass is 35.5. The first kappa shape index (κ1) is 16.6. The van der Waals surface area contributed by atoms with E-state index in [-0.39, 0.29) is 17.1 Å². The first-order valence-corrected chi connectivity index (χ1v) is 7.81. The lowest BCUT2D eigenvalue weighted by molar-refractivity contribution is -0.132. The Balaban J connectivity index is 1.87. The number of nitrogens with zero attached hydrogens (tertiary/aromatic N) is 4. The topological polar surface area (TPSA) is 63.1 Å². The van der Waals surface area contributed by atoms with Gasteiger partial charge in [0.25, 0.3) is 0 Å². The van der Waals surface area contributed by atoms with Gasteiger partial charge in [0.2, 0.25) is 5.91 Å². The van der Waals surface area contributed by atoms with Gasteiger partial charge in [-0.1, -0.05) is 11.6 Å². The van der Waals surface area contributed by atoms with E-state index in [0.717, 1.165) is 0 Å². The molecule has 2 aromatic heterocycles. The number of rotatable bonds is 4. The van der Waals surface area contributed by atoms with Crippen LogP contribution in [-0.4, -0.2) is 45.2 Å². The molecule has 0 radical (unpaired) electrons. The van der Waals surface area contributed by atoms with Gasteiger partial charge in [0.15, 0.2) is 0 Å². The number of carbonyl (C=O) groups excluding carboxylic acids is 1. The predicted molar refractivity (Wildman–Crippen MR) is 86.0 cm³/mol. The highest BCUT2D eigenvalue weighted by Gasteiger charge is 2.24. The second-order valence-electron chi connectivity index (χ2n) is 5.67. The van der Waals surface area contributed by atoms with Gasteiger partial charge >= 0.3 is 6.55 Å². The standard InChI is InChI=1S/C15H16ClF2N5O/c1-22-8-9(2-3-14(22)24)20-12-6-13(16)19-7-10(12)11-4-5-23(21-11)15(17)18/h4-7,9,15H,2-3,8H2,1H3,(H,19,20). The number of nitrogens with one attached hydrogen (secondary N) is 1. The molecule has 1 aliphatic heterocycles. The van der Waals surface area contributed by atoms with Gasteiger partial charge in [0.1, 0.15) is 5.15 Å². The third-order valence-corrected chi connectivity index (χ3v) is 4.15. The third kappa shape index (κ3) is 3.48. The molecule has 1 saturated heterocycles.